The Kier molecular flexibility index (Phi) is 5.23. The molecular formula is C12H17N3O4. The van der Waals surface area contributed by atoms with Gasteiger partial charge in [0.2, 0.25) is 5.82 Å². The summed E-state index contributed by atoms with van der Waals surface area (Å²) < 4.78 is 0. The van der Waals surface area contributed by atoms with Gasteiger partial charge < -0.3 is 10.4 Å². The van der Waals surface area contributed by atoms with Crippen LogP contribution in [0.2, 0.25) is 0 Å². The third-order valence-corrected chi connectivity index (χ3v) is 2.56. The van der Waals surface area contributed by atoms with E-state index in [1.165, 1.54) is 0 Å². The first-order chi connectivity index (χ1) is 8.91. The Balaban J connectivity index is 2.77. The number of nitrogens with one attached hydrogen (secondary N) is 1. The van der Waals surface area contributed by atoms with Gasteiger partial charge >= 0.3 is 11.7 Å². The van der Waals surface area contributed by atoms with Crippen molar-refractivity contribution in [3.05, 3.63) is 27.9 Å². The molecule has 0 unspecified atom stereocenters. The summed E-state index contributed by atoms with van der Waals surface area (Å²) in [6.45, 7) is 4.77. The number of pyridine rings is 1. The summed E-state index contributed by atoms with van der Waals surface area (Å²) >= 11 is 0. The Morgan fingerprint density at radius 2 is 2.26 bits per heavy atom. The Morgan fingerprint density at radius 1 is 1.58 bits per heavy atom. The van der Waals surface area contributed by atoms with Crippen molar-refractivity contribution >= 4 is 17.5 Å². The quantitative estimate of drug-likeness (QED) is 0.446. The lowest BCUT2D eigenvalue weighted by atomic mass is 10.1. The van der Waals surface area contributed by atoms with Crippen molar-refractivity contribution in [2.45, 2.75) is 26.7 Å². The lowest BCUT2D eigenvalue weighted by Gasteiger charge is -2.07. The molecule has 1 aromatic heterocycles. The zero-order valence-electron chi connectivity index (χ0n) is 10.9. The Morgan fingerprint density at radius 3 is 2.79 bits per heavy atom. The van der Waals surface area contributed by atoms with Gasteiger partial charge in [-0.15, -0.1) is 0 Å². The Hall–Kier alpha value is -2.18. The molecule has 0 fully saturated rings. The van der Waals surface area contributed by atoms with Gasteiger partial charge in [0.05, 0.1) is 10.5 Å². The summed E-state index contributed by atoms with van der Waals surface area (Å²) in [6, 6.07) is 1.01. The lowest BCUT2D eigenvalue weighted by molar-refractivity contribution is -0.384. The van der Waals surface area contributed by atoms with Crippen LogP contribution < -0.4 is 5.32 Å². The summed E-state index contributed by atoms with van der Waals surface area (Å²) in [5.74, 6) is -0.556. The van der Waals surface area contributed by atoms with Crippen LogP contribution in [0, 0.1) is 16.0 Å². The summed E-state index contributed by atoms with van der Waals surface area (Å²) in [5.41, 5.74) is -0.510. The minimum atomic E-state index is -1.23. The van der Waals surface area contributed by atoms with E-state index in [0.717, 1.165) is 25.1 Å². The maximum atomic E-state index is 10.9. The average molecular weight is 267 g/mol. The number of anilines is 1. The summed E-state index contributed by atoms with van der Waals surface area (Å²) in [4.78, 5) is 24.8. The summed E-state index contributed by atoms with van der Waals surface area (Å²) in [5, 5.41) is 22.5. The fourth-order valence-corrected chi connectivity index (χ4v) is 1.56. The van der Waals surface area contributed by atoms with E-state index in [9.17, 15) is 14.9 Å². The molecule has 1 rings (SSSR count). The van der Waals surface area contributed by atoms with Crippen molar-refractivity contribution in [1.82, 2.24) is 4.98 Å². The van der Waals surface area contributed by atoms with Gasteiger partial charge in [-0.2, -0.15) is 0 Å². The number of hydrogen-bond acceptors (Lipinski definition) is 5. The molecule has 1 heterocycles. The van der Waals surface area contributed by atoms with Gasteiger partial charge in [-0.05, 0) is 18.8 Å². The maximum Gasteiger partial charge on any atom is 0.337 e. The number of nitrogens with zero attached hydrogens (tertiary/aromatic N) is 2. The second-order valence-corrected chi connectivity index (χ2v) is 4.62. The zero-order valence-corrected chi connectivity index (χ0v) is 10.9. The second kappa shape index (κ2) is 6.67. The first-order valence-corrected chi connectivity index (χ1v) is 6.03. The molecule has 0 aliphatic rings. The zero-order chi connectivity index (χ0) is 14.4. The van der Waals surface area contributed by atoms with E-state index in [2.05, 4.69) is 24.1 Å². The maximum absolute atomic E-state index is 10.9. The molecule has 2 N–H and O–H groups in total. The molecule has 0 atom stereocenters. The lowest BCUT2D eigenvalue weighted by Crippen LogP contribution is -2.09. The first kappa shape index (κ1) is 14.9. The van der Waals surface area contributed by atoms with Crippen LogP contribution in [0.15, 0.2) is 12.3 Å². The number of carboxylic acids is 1. The number of aromatic carboxylic acids is 1. The number of carbonyl (C=O) groups is 1. The van der Waals surface area contributed by atoms with Crippen molar-refractivity contribution < 1.29 is 14.8 Å². The standard InChI is InChI=1S/C12H17N3O4/c1-8(2)4-3-5-13-11-10(15(18)19)6-9(7-14-11)12(16)17/h6-8H,3-5H2,1-2H3,(H,13,14)(H,16,17). The van der Waals surface area contributed by atoms with Crippen LogP contribution in [-0.2, 0) is 0 Å². The van der Waals surface area contributed by atoms with Crippen LogP contribution in [0.5, 0.6) is 0 Å². The van der Waals surface area contributed by atoms with E-state index in [0.29, 0.717) is 12.5 Å². The van der Waals surface area contributed by atoms with Crippen molar-refractivity contribution in [1.29, 1.82) is 0 Å². The molecule has 7 nitrogen and oxygen atoms in total. The third-order valence-electron chi connectivity index (χ3n) is 2.56. The third kappa shape index (κ3) is 4.53. The minimum absolute atomic E-state index is 0.110. The van der Waals surface area contributed by atoms with E-state index in [-0.39, 0.29) is 17.1 Å². The molecule has 0 spiro atoms. The van der Waals surface area contributed by atoms with Crippen LogP contribution in [0.1, 0.15) is 37.0 Å². The molecule has 7 heteroatoms. The molecule has 0 amide bonds. The molecule has 0 saturated carbocycles. The SMILES string of the molecule is CC(C)CCCNc1ncc(C(=O)O)cc1[N+](=O)[O-]. The number of rotatable bonds is 7. The van der Waals surface area contributed by atoms with Crippen LogP contribution in [0.25, 0.3) is 0 Å². The molecule has 0 aliphatic carbocycles. The molecule has 0 aliphatic heterocycles. The van der Waals surface area contributed by atoms with E-state index in [4.69, 9.17) is 5.11 Å². The van der Waals surface area contributed by atoms with Crippen molar-refractivity contribution in [2.75, 3.05) is 11.9 Å². The number of nitro groups is 1. The predicted molar refractivity (Wildman–Crippen MR) is 70.4 cm³/mol. The molecule has 0 bridgehead atoms. The fourth-order valence-electron chi connectivity index (χ4n) is 1.56. The monoisotopic (exact) mass is 267 g/mol. The Bertz CT molecular complexity index is 474. The van der Waals surface area contributed by atoms with Crippen LogP contribution in [-0.4, -0.2) is 27.5 Å². The highest BCUT2D eigenvalue weighted by Crippen LogP contribution is 2.22. The largest absolute Gasteiger partial charge is 0.478 e. The first-order valence-electron chi connectivity index (χ1n) is 6.03. The summed E-state index contributed by atoms with van der Waals surface area (Å²) in [7, 11) is 0. The molecule has 0 radical (unpaired) electrons. The highest BCUT2D eigenvalue weighted by atomic mass is 16.6. The number of hydrogen-bond donors (Lipinski definition) is 2. The van der Waals surface area contributed by atoms with Gasteiger partial charge in [0, 0.05) is 18.8 Å². The molecular weight excluding hydrogens is 250 g/mol. The van der Waals surface area contributed by atoms with E-state index in [1.54, 1.807) is 0 Å². The predicted octanol–water partition coefficient (Wildman–Crippen LogP) is 2.54. The normalized spacial score (nSPS) is 10.5. The minimum Gasteiger partial charge on any atom is -0.478 e. The highest BCUT2D eigenvalue weighted by molar-refractivity contribution is 5.88. The van der Waals surface area contributed by atoms with E-state index >= 15 is 0 Å². The average Bonchev–Trinajstić information content (AvgIpc) is 2.34. The Labute approximate surface area is 110 Å². The van der Waals surface area contributed by atoms with E-state index < -0.39 is 10.9 Å². The van der Waals surface area contributed by atoms with Gasteiger partial charge in [-0.3, -0.25) is 10.1 Å². The summed E-state index contributed by atoms with van der Waals surface area (Å²) in [6.07, 6.45) is 2.99. The van der Waals surface area contributed by atoms with E-state index in [1.807, 2.05) is 0 Å². The second-order valence-electron chi connectivity index (χ2n) is 4.62. The smallest absolute Gasteiger partial charge is 0.337 e. The number of carboxylic acid groups (broad SMARTS) is 1. The van der Waals surface area contributed by atoms with Gasteiger partial charge in [0.1, 0.15) is 0 Å². The van der Waals surface area contributed by atoms with Gasteiger partial charge in [0.25, 0.3) is 0 Å². The van der Waals surface area contributed by atoms with Crippen LogP contribution in [0.4, 0.5) is 11.5 Å². The topological polar surface area (TPSA) is 105 Å². The van der Waals surface area contributed by atoms with Crippen molar-refractivity contribution in [2.24, 2.45) is 5.92 Å². The van der Waals surface area contributed by atoms with Gasteiger partial charge in [-0.25, -0.2) is 9.78 Å². The number of aromatic nitrogens is 1. The molecule has 104 valence electrons. The van der Waals surface area contributed by atoms with Crippen molar-refractivity contribution in [3.8, 4) is 0 Å². The highest BCUT2D eigenvalue weighted by Gasteiger charge is 2.18. The molecule has 1 aromatic rings. The van der Waals surface area contributed by atoms with Crippen molar-refractivity contribution in [3.63, 3.8) is 0 Å². The van der Waals surface area contributed by atoms with Crippen LogP contribution in [0.3, 0.4) is 0 Å². The van der Waals surface area contributed by atoms with Gasteiger partial charge in [-0.1, -0.05) is 13.8 Å². The molecule has 19 heavy (non-hydrogen) atoms. The van der Waals surface area contributed by atoms with Crippen LogP contribution >= 0.6 is 0 Å². The molecule has 0 aromatic carbocycles. The molecule has 0 saturated heterocycles. The fraction of sp³-hybridized carbons (Fsp3) is 0.500. The van der Waals surface area contributed by atoms with Gasteiger partial charge in [0.15, 0.2) is 0 Å².